The number of carbonyl (C=O) groups is 2. The highest BCUT2D eigenvalue weighted by Gasteiger charge is 2.48. The van der Waals surface area contributed by atoms with E-state index in [4.69, 9.17) is 4.74 Å². The molecule has 0 radical (unpaired) electrons. The molecule has 3 aromatic carbocycles. The minimum atomic E-state index is -0.816. The molecule has 2 heterocycles. The molecule has 1 N–H and O–H groups in total. The quantitative estimate of drug-likeness (QED) is 0.183. The number of aryl methyl sites for hydroxylation is 2. The maximum absolute atomic E-state index is 13.5. The lowest BCUT2D eigenvalue weighted by Crippen LogP contribution is -2.29. The molecule has 1 saturated heterocycles. The summed E-state index contributed by atoms with van der Waals surface area (Å²) < 4.78 is 6.17. The summed E-state index contributed by atoms with van der Waals surface area (Å²) >= 11 is 1.31. The van der Waals surface area contributed by atoms with Gasteiger partial charge in [-0.05, 0) is 60.7 Å². The van der Waals surface area contributed by atoms with Crippen molar-refractivity contribution in [2.24, 2.45) is 0 Å². The summed E-state index contributed by atoms with van der Waals surface area (Å²) in [5.41, 5.74) is 4.93. The molecule has 1 fully saturated rings. The van der Waals surface area contributed by atoms with Gasteiger partial charge in [0.05, 0.1) is 28.9 Å². The van der Waals surface area contributed by atoms with E-state index in [1.807, 2.05) is 74.5 Å². The second-order valence-electron chi connectivity index (χ2n) is 9.64. The lowest BCUT2D eigenvalue weighted by atomic mass is 9.92. The van der Waals surface area contributed by atoms with Gasteiger partial charge in [0.2, 0.25) is 0 Å². The lowest BCUT2D eigenvalue weighted by Gasteiger charge is -2.23. The highest BCUT2D eigenvalue weighted by molar-refractivity contribution is 7.22. The number of carbonyl (C=O) groups excluding carboxylic acids is 2. The number of hydrogen-bond acceptors (Lipinski definition) is 6. The molecule has 1 atom stereocenters. The van der Waals surface area contributed by atoms with Crippen LogP contribution in [0.5, 0.6) is 5.75 Å². The average Bonchev–Trinajstić information content (AvgIpc) is 3.42. The van der Waals surface area contributed by atoms with Crippen LogP contribution < -0.4 is 9.64 Å². The summed E-state index contributed by atoms with van der Waals surface area (Å²) in [6, 6.07) is 18.2. The maximum atomic E-state index is 13.5. The number of fused-ring (bicyclic) bond motifs is 1. The number of Topliss-reactive ketones (excluding diaryl/α,β-unsaturated/α-hetero) is 1. The fourth-order valence-corrected chi connectivity index (χ4v) is 5.69. The number of aromatic nitrogens is 1. The van der Waals surface area contributed by atoms with Crippen molar-refractivity contribution in [3.63, 3.8) is 0 Å². The number of rotatable bonds is 5. The summed E-state index contributed by atoms with van der Waals surface area (Å²) in [6.07, 6.45) is 0. The van der Waals surface area contributed by atoms with Gasteiger partial charge in [0.15, 0.2) is 5.13 Å². The topological polar surface area (TPSA) is 79.7 Å². The Labute approximate surface area is 219 Å². The van der Waals surface area contributed by atoms with Crippen molar-refractivity contribution < 1.29 is 19.4 Å². The molecular weight excluding hydrogens is 484 g/mol. The van der Waals surface area contributed by atoms with E-state index in [-0.39, 0.29) is 11.3 Å². The summed E-state index contributed by atoms with van der Waals surface area (Å²) in [7, 11) is 1.59. The first-order chi connectivity index (χ1) is 17.7. The number of ether oxygens (including phenoxy) is 1. The van der Waals surface area contributed by atoms with Gasteiger partial charge >= 0.3 is 5.91 Å². The van der Waals surface area contributed by atoms with Gasteiger partial charge < -0.3 is 9.84 Å². The predicted molar refractivity (Wildman–Crippen MR) is 147 cm³/mol. The van der Waals surface area contributed by atoms with Crippen LogP contribution in [0.1, 0.15) is 53.6 Å². The van der Waals surface area contributed by atoms with Crippen LogP contribution in [0.2, 0.25) is 0 Å². The Morgan fingerprint density at radius 3 is 2.43 bits per heavy atom. The molecule has 37 heavy (non-hydrogen) atoms. The highest BCUT2D eigenvalue weighted by atomic mass is 32.1. The van der Waals surface area contributed by atoms with Crippen LogP contribution in [-0.4, -0.2) is 28.9 Å². The third kappa shape index (κ3) is 4.29. The summed E-state index contributed by atoms with van der Waals surface area (Å²) in [4.78, 5) is 33.2. The fraction of sp³-hybridized carbons (Fsp3) is 0.233. The van der Waals surface area contributed by atoms with E-state index in [9.17, 15) is 14.7 Å². The molecule has 1 unspecified atom stereocenters. The van der Waals surface area contributed by atoms with Crippen LogP contribution in [0.4, 0.5) is 5.13 Å². The Morgan fingerprint density at radius 1 is 1.03 bits per heavy atom. The molecule has 0 saturated carbocycles. The molecular formula is C30H28N2O4S. The SMILES string of the molecule is COc1ccc2nc(N3C(=O)C(=O)C(=C(O)c4cc(C)ccc4C)C3c3ccc(C(C)C)cc3)sc2c1. The summed E-state index contributed by atoms with van der Waals surface area (Å²) in [5, 5.41) is 11.9. The zero-order valence-corrected chi connectivity index (χ0v) is 22.2. The minimum Gasteiger partial charge on any atom is -0.507 e. The standard InChI is InChI=1S/C30H28N2O4S/c1-16(2)19-8-10-20(11-9-19)26-25(27(33)22-14-17(3)6-7-18(22)4)28(34)29(35)32(26)30-31-23-13-12-21(36-5)15-24(23)37-30/h6-16,26,33H,1-5H3. The number of ketones is 1. The zero-order chi connectivity index (χ0) is 26.4. The van der Waals surface area contributed by atoms with Crippen molar-refractivity contribution in [2.45, 2.75) is 39.7 Å². The van der Waals surface area contributed by atoms with Crippen molar-refractivity contribution in [1.29, 1.82) is 0 Å². The lowest BCUT2D eigenvalue weighted by molar-refractivity contribution is -0.132. The second kappa shape index (κ2) is 9.48. The third-order valence-electron chi connectivity index (χ3n) is 6.80. The van der Waals surface area contributed by atoms with Gasteiger partial charge in [0.25, 0.3) is 5.78 Å². The number of anilines is 1. The molecule has 1 aromatic heterocycles. The second-order valence-corrected chi connectivity index (χ2v) is 10.6. The molecule has 1 aliphatic heterocycles. The van der Waals surface area contributed by atoms with Crippen LogP contribution in [-0.2, 0) is 9.59 Å². The van der Waals surface area contributed by atoms with Crippen LogP contribution >= 0.6 is 11.3 Å². The summed E-state index contributed by atoms with van der Waals surface area (Å²) in [5.74, 6) is -0.609. The Bertz CT molecular complexity index is 1570. The van der Waals surface area contributed by atoms with Crippen LogP contribution in [0, 0.1) is 13.8 Å². The average molecular weight is 513 g/mol. The zero-order valence-electron chi connectivity index (χ0n) is 21.4. The number of amides is 1. The molecule has 7 heteroatoms. The molecule has 4 aromatic rings. The van der Waals surface area contributed by atoms with E-state index in [0.29, 0.717) is 27.9 Å². The van der Waals surface area contributed by atoms with Gasteiger partial charge in [0, 0.05) is 5.56 Å². The smallest absolute Gasteiger partial charge is 0.301 e. The van der Waals surface area contributed by atoms with Crippen LogP contribution in [0.15, 0.2) is 66.2 Å². The molecule has 0 aliphatic carbocycles. The largest absolute Gasteiger partial charge is 0.507 e. The first-order valence-corrected chi connectivity index (χ1v) is 12.9. The fourth-order valence-electron chi connectivity index (χ4n) is 4.67. The number of aliphatic hydroxyl groups is 1. The van der Waals surface area contributed by atoms with E-state index < -0.39 is 17.7 Å². The molecule has 0 bridgehead atoms. The van der Waals surface area contributed by atoms with Gasteiger partial charge in [-0.2, -0.15) is 0 Å². The van der Waals surface area contributed by atoms with Crippen molar-refractivity contribution in [3.05, 3.63) is 94.1 Å². The van der Waals surface area contributed by atoms with E-state index in [1.165, 1.54) is 16.2 Å². The van der Waals surface area contributed by atoms with Gasteiger partial charge in [0.1, 0.15) is 11.5 Å². The number of methoxy groups -OCH3 is 1. The van der Waals surface area contributed by atoms with E-state index in [2.05, 4.69) is 18.8 Å². The van der Waals surface area contributed by atoms with Gasteiger partial charge in [-0.15, -0.1) is 0 Å². The Kier molecular flexibility index (Phi) is 6.33. The number of nitrogens with zero attached hydrogens (tertiary/aromatic N) is 2. The van der Waals surface area contributed by atoms with E-state index in [1.54, 1.807) is 7.11 Å². The highest BCUT2D eigenvalue weighted by Crippen LogP contribution is 2.45. The molecule has 1 amide bonds. The Hall–Kier alpha value is -3.97. The number of benzene rings is 3. The van der Waals surface area contributed by atoms with Crippen LogP contribution in [0.25, 0.3) is 16.0 Å². The first-order valence-electron chi connectivity index (χ1n) is 12.1. The third-order valence-corrected chi connectivity index (χ3v) is 7.82. The predicted octanol–water partition coefficient (Wildman–Crippen LogP) is 6.67. The minimum absolute atomic E-state index is 0.0628. The van der Waals surface area contributed by atoms with Crippen molar-refractivity contribution >= 4 is 44.1 Å². The van der Waals surface area contributed by atoms with Crippen LogP contribution in [0.3, 0.4) is 0 Å². The first kappa shape index (κ1) is 24.7. The van der Waals surface area contributed by atoms with Crippen molar-refractivity contribution in [2.75, 3.05) is 12.0 Å². The monoisotopic (exact) mass is 512 g/mol. The molecule has 6 nitrogen and oxygen atoms in total. The van der Waals surface area contributed by atoms with Crippen molar-refractivity contribution in [1.82, 2.24) is 4.98 Å². The normalized spacial score (nSPS) is 17.2. The number of aliphatic hydroxyl groups excluding tert-OH is 1. The van der Waals surface area contributed by atoms with Gasteiger partial charge in [-0.25, -0.2) is 4.98 Å². The molecule has 5 rings (SSSR count). The number of thiazole rings is 1. The van der Waals surface area contributed by atoms with E-state index in [0.717, 1.165) is 27.0 Å². The van der Waals surface area contributed by atoms with Gasteiger partial charge in [-0.1, -0.05) is 67.1 Å². The Balaban J connectivity index is 1.73. The van der Waals surface area contributed by atoms with Crippen molar-refractivity contribution in [3.8, 4) is 5.75 Å². The summed E-state index contributed by atoms with van der Waals surface area (Å²) in [6.45, 7) is 8.01. The maximum Gasteiger partial charge on any atom is 0.301 e. The van der Waals surface area contributed by atoms with E-state index >= 15 is 0 Å². The molecule has 0 spiro atoms. The Morgan fingerprint density at radius 2 is 1.76 bits per heavy atom. The molecule has 188 valence electrons. The number of hydrogen-bond donors (Lipinski definition) is 1. The van der Waals surface area contributed by atoms with Gasteiger partial charge in [-0.3, -0.25) is 14.5 Å². The molecule has 1 aliphatic rings.